The number of anilines is 1. The number of imide groups is 1. The van der Waals surface area contributed by atoms with E-state index in [0.717, 1.165) is 28.7 Å². The van der Waals surface area contributed by atoms with Gasteiger partial charge in [0.25, 0.3) is 23.6 Å². The predicted octanol–water partition coefficient (Wildman–Crippen LogP) is 5.11. The number of unbranched alkanes of at least 4 members (excludes halogenated alkanes) is 1. The summed E-state index contributed by atoms with van der Waals surface area (Å²) in [5.41, 5.74) is 6.47. The summed E-state index contributed by atoms with van der Waals surface area (Å²) in [5, 5.41) is 32.0. The molecule has 0 atom stereocenters. The predicted molar refractivity (Wildman–Crippen MR) is 239 cm³/mol. The summed E-state index contributed by atoms with van der Waals surface area (Å²) >= 11 is 0. The number of rotatable bonds is 6. The molecule has 14 nitrogen and oxygen atoms in total. The number of phenols is 2. The SMILES string of the molecule is CCCCN1C(=O)c2ccc(NC(=O)CN3CCNC(=O)COc4c5cccc4Cc4cccc(c4O)Cc4cccc(c4OCC(=O)NCC3)Cc3cccc(c3O)C5)cc2C1=O. The van der Waals surface area contributed by atoms with E-state index in [1.165, 1.54) is 11.0 Å². The smallest absolute Gasteiger partial charge is 0.261 e. The second kappa shape index (κ2) is 19.5. The zero-order valence-corrected chi connectivity index (χ0v) is 35.7. The normalized spacial score (nSPS) is 15.9. The van der Waals surface area contributed by atoms with Crippen LogP contribution in [0.5, 0.6) is 23.0 Å². The molecule has 330 valence electrons. The molecular weight excluding hydrogens is 815 g/mol. The number of carbonyl (C=O) groups is 5. The lowest BCUT2D eigenvalue weighted by molar-refractivity contribution is -0.123. The van der Waals surface area contributed by atoms with Crippen molar-refractivity contribution in [2.45, 2.75) is 45.4 Å². The van der Waals surface area contributed by atoms with Crippen LogP contribution in [0.25, 0.3) is 0 Å². The largest absolute Gasteiger partial charge is 0.507 e. The Kier molecular flexibility index (Phi) is 13.2. The first kappa shape index (κ1) is 43.5. The van der Waals surface area contributed by atoms with Gasteiger partial charge in [0.1, 0.15) is 23.0 Å². The number of fused-ring (bicyclic) bond motifs is 13. The van der Waals surface area contributed by atoms with Crippen LogP contribution >= 0.6 is 0 Å². The van der Waals surface area contributed by atoms with E-state index in [1.54, 1.807) is 17.0 Å². The lowest BCUT2D eigenvalue weighted by atomic mass is 9.91. The third-order valence-electron chi connectivity index (χ3n) is 11.8. The van der Waals surface area contributed by atoms with Gasteiger partial charge >= 0.3 is 0 Å². The second-order valence-corrected chi connectivity index (χ2v) is 16.3. The number of carbonyl (C=O) groups excluding carboxylic acids is 5. The number of phenolic OH excluding ortho intramolecular Hbond substituents is 2. The average molecular weight is 866 g/mol. The van der Waals surface area contributed by atoms with Crippen LogP contribution in [-0.4, -0.2) is 102 Å². The van der Waals surface area contributed by atoms with Crippen molar-refractivity contribution in [2.75, 3.05) is 57.8 Å². The van der Waals surface area contributed by atoms with Crippen molar-refractivity contribution >= 4 is 35.2 Å². The monoisotopic (exact) mass is 865 g/mol. The first-order chi connectivity index (χ1) is 31.1. The molecule has 0 radical (unpaired) electrons. The number of para-hydroxylation sites is 4. The molecular formula is C50H51N5O9. The number of hydrogen-bond donors (Lipinski definition) is 5. The van der Waals surface area contributed by atoms with Gasteiger partial charge in [-0.3, -0.25) is 33.8 Å². The summed E-state index contributed by atoms with van der Waals surface area (Å²) in [6.45, 7) is 2.30. The highest BCUT2D eigenvalue weighted by Gasteiger charge is 2.35. The van der Waals surface area contributed by atoms with Gasteiger partial charge in [-0.2, -0.15) is 0 Å². The molecule has 14 heteroatoms. The maximum absolute atomic E-state index is 13.5. The second-order valence-electron chi connectivity index (χ2n) is 16.3. The molecule has 0 fully saturated rings. The first-order valence-electron chi connectivity index (χ1n) is 21.7. The first-order valence-corrected chi connectivity index (χ1v) is 21.7. The third kappa shape index (κ3) is 9.72. The molecule has 1 aliphatic carbocycles. The Morgan fingerprint density at radius 3 is 1.52 bits per heavy atom. The Labute approximate surface area is 371 Å². The lowest BCUT2D eigenvalue weighted by Gasteiger charge is -2.23. The maximum Gasteiger partial charge on any atom is 0.261 e. The van der Waals surface area contributed by atoms with Gasteiger partial charge < -0.3 is 35.6 Å². The van der Waals surface area contributed by atoms with E-state index in [0.29, 0.717) is 58.0 Å². The van der Waals surface area contributed by atoms with E-state index in [-0.39, 0.29) is 100 Å². The van der Waals surface area contributed by atoms with Crippen LogP contribution in [0.2, 0.25) is 0 Å². The van der Waals surface area contributed by atoms with Crippen molar-refractivity contribution in [1.82, 2.24) is 20.4 Å². The van der Waals surface area contributed by atoms with Crippen LogP contribution in [0, 0.1) is 0 Å². The molecule has 64 heavy (non-hydrogen) atoms. The molecule has 0 unspecified atom stereocenters. The van der Waals surface area contributed by atoms with Gasteiger partial charge in [0.15, 0.2) is 13.2 Å². The van der Waals surface area contributed by atoms with Crippen molar-refractivity contribution in [3.05, 3.63) is 147 Å². The molecule has 10 bridgehead atoms. The maximum atomic E-state index is 13.5. The molecule has 0 saturated carbocycles. The van der Waals surface area contributed by atoms with Crippen LogP contribution in [0.15, 0.2) is 91.0 Å². The third-order valence-corrected chi connectivity index (χ3v) is 11.8. The fourth-order valence-electron chi connectivity index (χ4n) is 8.53. The molecule has 3 aliphatic heterocycles. The average Bonchev–Trinajstić information content (AvgIpc) is 3.51. The minimum absolute atomic E-state index is 0.112. The summed E-state index contributed by atoms with van der Waals surface area (Å²) in [5.74, 6) is -0.756. The van der Waals surface area contributed by atoms with Crippen LogP contribution in [0.4, 0.5) is 5.69 Å². The molecule has 4 aliphatic rings. The van der Waals surface area contributed by atoms with E-state index in [1.807, 2.05) is 79.7 Å². The van der Waals surface area contributed by atoms with Gasteiger partial charge in [-0.05, 0) is 69.1 Å². The number of aromatic hydroxyl groups is 2. The summed E-state index contributed by atoms with van der Waals surface area (Å²) in [6.07, 6.45) is 2.67. The highest BCUT2D eigenvalue weighted by molar-refractivity contribution is 6.21. The number of amides is 5. The minimum Gasteiger partial charge on any atom is -0.507 e. The number of nitrogens with one attached hydrogen (secondary N) is 3. The van der Waals surface area contributed by atoms with Crippen molar-refractivity contribution in [2.24, 2.45) is 0 Å². The fourth-order valence-corrected chi connectivity index (χ4v) is 8.53. The molecule has 9 rings (SSSR count). The zero-order valence-electron chi connectivity index (χ0n) is 35.7. The molecule has 5 N–H and O–H groups in total. The molecule has 0 aromatic heterocycles. The quantitative estimate of drug-likeness (QED) is 0.111. The van der Waals surface area contributed by atoms with Crippen LogP contribution in [0.1, 0.15) is 85.0 Å². The molecule has 5 amide bonds. The lowest BCUT2D eigenvalue weighted by Crippen LogP contribution is -2.44. The topological polar surface area (TPSA) is 187 Å². The summed E-state index contributed by atoms with van der Waals surface area (Å²) < 4.78 is 12.7. The van der Waals surface area contributed by atoms with Crippen molar-refractivity contribution < 1.29 is 43.7 Å². The highest BCUT2D eigenvalue weighted by Crippen LogP contribution is 2.38. The summed E-state index contributed by atoms with van der Waals surface area (Å²) in [6, 6.07) is 27.2. The van der Waals surface area contributed by atoms with Gasteiger partial charge in [0.05, 0.1) is 17.7 Å². The van der Waals surface area contributed by atoms with E-state index in [2.05, 4.69) is 16.0 Å². The Hall–Kier alpha value is -7.19. The Morgan fingerprint density at radius 1 is 0.625 bits per heavy atom. The van der Waals surface area contributed by atoms with E-state index >= 15 is 0 Å². The molecule has 5 aromatic rings. The van der Waals surface area contributed by atoms with Crippen LogP contribution in [-0.2, 0) is 40.1 Å². The molecule has 0 saturated heterocycles. The zero-order chi connectivity index (χ0) is 44.7. The summed E-state index contributed by atoms with van der Waals surface area (Å²) in [4.78, 5) is 69.3. The fraction of sp³-hybridized carbons (Fsp3) is 0.300. The van der Waals surface area contributed by atoms with Gasteiger partial charge in [0.2, 0.25) is 5.91 Å². The number of nitrogens with zero attached hydrogens (tertiary/aromatic N) is 2. The van der Waals surface area contributed by atoms with Crippen LogP contribution in [0.3, 0.4) is 0 Å². The molecule has 3 heterocycles. The van der Waals surface area contributed by atoms with Gasteiger partial charge in [-0.15, -0.1) is 0 Å². The van der Waals surface area contributed by atoms with Crippen LogP contribution < -0.4 is 25.4 Å². The van der Waals surface area contributed by atoms with Crippen molar-refractivity contribution in [3.8, 4) is 23.0 Å². The Bertz CT molecular complexity index is 2420. The van der Waals surface area contributed by atoms with Crippen molar-refractivity contribution in [1.29, 1.82) is 0 Å². The van der Waals surface area contributed by atoms with Gasteiger partial charge in [-0.25, -0.2) is 0 Å². The Balaban J connectivity index is 1.07. The highest BCUT2D eigenvalue weighted by atomic mass is 16.5. The van der Waals surface area contributed by atoms with Crippen molar-refractivity contribution in [3.63, 3.8) is 0 Å². The number of ether oxygens (including phenoxy) is 2. The minimum atomic E-state index is -0.406. The number of benzene rings is 5. The molecule has 5 aromatic carbocycles. The standard InChI is InChI=1S/C50H51N5O9/c1-2-3-20-55-49(61)40-17-16-39(27-41(40)50(55)62)53-42(56)28-54-21-18-51-43(57)29-63-47-35-12-6-14-37(47)25-33-10-5-11-34(46(33)60)26-38-15-7-13-36(48(38)64-30-44(58)52-19-22-54)24-32-9-4-8-31(23-35)45(32)59/h4-17,27,59-60H,2-3,18-26,28-30H2,1H3,(H,51,57)(H,52,58)(H,53,56). The summed E-state index contributed by atoms with van der Waals surface area (Å²) in [7, 11) is 0. The van der Waals surface area contributed by atoms with Gasteiger partial charge in [-0.1, -0.05) is 86.1 Å². The van der Waals surface area contributed by atoms with E-state index < -0.39 is 17.7 Å². The van der Waals surface area contributed by atoms with E-state index in [4.69, 9.17) is 9.47 Å². The number of hydrogen-bond acceptors (Lipinski definition) is 10. The molecule has 0 spiro atoms. The van der Waals surface area contributed by atoms with E-state index in [9.17, 15) is 34.2 Å². The Morgan fingerprint density at radius 2 is 1.06 bits per heavy atom. The van der Waals surface area contributed by atoms with Gasteiger partial charge in [0, 0.05) is 64.1 Å².